The van der Waals surface area contributed by atoms with Gasteiger partial charge in [-0.15, -0.1) is 24.0 Å². The van der Waals surface area contributed by atoms with E-state index >= 15 is 0 Å². The number of ether oxygens (including phenoxy) is 1. The number of halogens is 1. The van der Waals surface area contributed by atoms with Crippen LogP contribution in [0.1, 0.15) is 64.7 Å². The number of guanidine groups is 1. The Morgan fingerprint density at radius 1 is 0.967 bits per heavy atom. The van der Waals surface area contributed by atoms with Gasteiger partial charge in [0.2, 0.25) is 0 Å². The minimum absolute atomic E-state index is 0. The molecule has 2 aliphatic heterocycles. The van der Waals surface area contributed by atoms with E-state index in [0.29, 0.717) is 5.41 Å². The maximum Gasteiger partial charge on any atom is 0.191 e. The quantitative estimate of drug-likeness (QED) is 0.270. The number of aliphatic imine (C=N–C) groups is 1. The standard InChI is InChI=1S/C23H45N5O.HI/c1-4-24-21(25-19-22(9-8-10-22)13-18-29-3)26-20-23(11-16-27(2)17-12-23)28-14-6-5-7-15-28;/h4-20H2,1-3H3,(H2,24,25,26);1H. The average Bonchev–Trinajstić information content (AvgIpc) is 2.73. The fourth-order valence-corrected chi connectivity index (χ4v) is 5.33. The molecule has 1 aliphatic carbocycles. The third-order valence-corrected chi connectivity index (χ3v) is 7.70. The molecule has 6 nitrogen and oxygen atoms in total. The van der Waals surface area contributed by atoms with Crippen molar-refractivity contribution in [2.24, 2.45) is 10.4 Å². The molecule has 2 saturated heterocycles. The summed E-state index contributed by atoms with van der Waals surface area (Å²) in [6.07, 6.45) is 11.7. The van der Waals surface area contributed by atoms with Crippen molar-refractivity contribution >= 4 is 29.9 Å². The van der Waals surface area contributed by atoms with E-state index in [4.69, 9.17) is 9.73 Å². The van der Waals surface area contributed by atoms with Gasteiger partial charge in [-0.2, -0.15) is 0 Å². The van der Waals surface area contributed by atoms with Crippen LogP contribution in [0.4, 0.5) is 0 Å². The molecule has 0 unspecified atom stereocenters. The molecule has 0 aromatic rings. The molecule has 0 radical (unpaired) electrons. The van der Waals surface area contributed by atoms with Gasteiger partial charge in [0.25, 0.3) is 0 Å². The summed E-state index contributed by atoms with van der Waals surface area (Å²) in [5, 5.41) is 7.27. The molecular weight excluding hydrogens is 489 g/mol. The van der Waals surface area contributed by atoms with E-state index in [0.717, 1.165) is 38.6 Å². The maximum atomic E-state index is 5.35. The van der Waals surface area contributed by atoms with E-state index in [9.17, 15) is 0 Å². The summed E-state index contributed by atoms with van der Waals surface area (Å²) < 4.78 is 5.35. The fourth-order valence-electron chi connectivity index (χ4n) is 5.33. The monoisotopic (exact) mass is 535 g/mol. The van der Waals surface area contributed by atoms with Crippen LogP contribution < -0.4 is 10.6 Å². The van der Waals surface area contributed by atoms with Crippen LogP contribution in [0.25, 0.3) is 0 Å². The van der Waals surface area contributed by atoms with Gasteiger partial charge in [0, 0.05) is 38.9 Å². The molecule has 1 saturated carbocycles. The van der Waals surface area contributed by atoms with Gasteiger partial charge < -0.3 is 20.3 Å². The Kier molecular flexibility index (Phi) is 11.1. The molecule has 176 valence electrons. The Hall–Kier alpha value is -0.120. The Labute approximate surface area is 202 Å². The average molecular weight is 536 g/mol. The molecule has 0 amide bonds. The summed E-state index contributed by atoms with van der Waals surface area (Å²) in [4.78, 5) is 10.3. The molecule has 3 fully saturated rings. The van der Waals surface area contributed by atoms with Gasteiger partial charge in [-0.25, -0.2) is 0 Å². The summed E-state index contributed by atoms with van der Waals surface area (Å²) in [7, 11) is 4.07. The SMILES string of the molecule is CCNC(=NCC1(CCOC)CCC1)NCC1(N2CCCCC2)CCN(C)CC1.I. The third kappa shape index (κ3) is 6.94. The second-order valence-electron chi connectivity index (χ2n) is 9.72. The predicted molar refractivity (Wildman–Crippen MR) is 137 cm³/mol. The van der Waals surface area contributed by atoms with E-state index in [2.05, 4.69) is 34.4 Å². The van der Waals surface area contributed by atoms with Crippen LogP contribution in [0, 0.1) is 5.41 Å². The molecule has 0 aromatic carbocycles. The topological polar surface area (TPSA) is 52.1 Å². The first-order valence-electron chi connectivity index (χ1n) is 12.1. The molecule has 0 bridgehead atoms. The number of nitrogens with zero attached hydrogens (tertiary/aromatic N) is 3. The molecule has 2 heterocycles. The van der Waals surface area contributed by atoms with Crippen LogP contribution in [0.2, 0.25) is 0 Å². The molecule has 30 heavy (non-hydrogen) atoms. The van der Waals surface area contributed by atoms with Crippen molar-refractivity contribution in [3.63, 3.8) is 0 Å². The number of likely N-dealkylation sites (tertiary alicyclic amines) is 2. The van der Waals surface area contributed by atoms with E-state index < -0.39 is 0 Å². The number of hydrogen-bond donors (Lipinski definition) is 2. The molecule has 3 aliphatic rings. The fraction of sp³-hybridized carbons (Fsp3) is 0.957. The van der Waals surface area contributed by atoms with Crippen LogP contribution in [-0.4, -0.2) is 87.9 Å². The molecule has 0 atom stereocenters. The summed E-state index contributed by atoms with van der Waals surface area (Å²) in [5.41, 5.74) is 0.657. The van der Waals surface area contributed by atoms with Gasteiger partial charge in [0.05, 0.1) is 0 Å². The number of rotatable bonds is 9. The van der Waals surface area contributed by atoms with Crippen molar-refractivity contribution in [3.05, 3.63) is 0 Å². The first-order valence-corrected chi connectivity index (χ1v) is 12.1. The largest absolute Gasteiger partial charge is 0.385 e. The predicted octanol–water partition coefficient (Wildman–Crippen LogP) is 3.32. The zero-order chi connectivity index (χ0) is 20.6. The first-order chi connectivity index (χ1) is 14.1. The Balaban J connectivity index is 0.00000320. The van der Waals surface area contributed by atoms with Crippen LogP contribution in [0.15, 0.2) is 4.99 Å². The Morgan fingerprint density at radius 3 is 2.23 bits per heavy atom. The van der Waals surface area contributed by atoms with Crippen LogP contribution >= 0.6 is 24.0 Å². The van der Waals surface area contributed by atoms with E-state index in [1.807, 2.05) is 7.11 Å². The Bertz CT molecular complexity index is 512. The molecule has 0 aromatic heterocycles. The van der Waals surface area contributed by atoms with E-state index in [1.165, 1.54) is 77.5 Å². The lowest BCUT2D eigenvalue weighted by molar-refractivity contribution is 0.0172. The van der Waals surface area contributed by atoms with Crippen molar-refractivity contribution in [2.45, 2.75) is 70.3 Å². The highest BCUT2D eigenvalue weighted by Crippen LogP contribution is 2.44. The van der Waals surface area contributed by atoms with Crippen molar-refractivity contribution in [1.29, 1.82) is 0 Å². The lowest BCUT2D eigenvalue weighted by atomic mass is 9.67. The zero-order valence-corrected chi connectivity index (χ0v) is 22.0. The number of hydrogen-bond acceptors (Lipinski definition) is 4. The lowest BCUT2D eigenvalue weighted by Gasteiger charge is -2.50. The van der Waals surface area contributed by atoms with Crippen LogP contribution in [-0.2, 0) is 4.74 Å². The highest BCUT2D eigenvalue weighted by Gasteiger charge is 2.40. The highest BCUT2D eigenvalue weighted by atomic mass is 127. The van der Waals surface area contributed by atoms with Gasteiger partial charge in [-0.3, -0.25) is 9.89 Å². The summed E-state index contributed by atoms with van der Waals surface area (Å²) >= 11 is 0. The zero-order valence-electron chi connectivity index (χ0n) is 19.7. The number of nitrogens with one attached hydrogen (secondary N) is 2. The minimum atomic E-state index is 0. The van der Waals surface area contributed by atoms with Gasteiger partial charge in [0.15, 0.2) is 5.96 Å². The summed E-state index contributed by atoms with van der Waals surface area (Å²) in [6.45, 7) is 10.8. The van der Waals surface area contributed by atoms with Gasteiger partial charge >= 0.3 is 0 Å². The first kappa shape index (κ1) is 26.1. The summed E-state index contributed by atoms with van der Waals surface area (Å²) in [6, 6.07) is 0. The Morgan fingerprint density at radius 2 is 1.67 bits per heavy atom. The molecule has 2 N–H and O–H groups in total. The van der Waals surface area contributed by atoms with Crippen molar-refractivity contribution in [3.8, 4) is 0 Å². The smallest absolute Gasteiger partial charge is 0.191 e. The van der Waals surface area contributed by atoms with Crippen LogP contribution in [0.5, 0.6) is 0 Å². The lowest BCUT2D eigenvalue weighted by Crippen LogP contribution is -2.62. The van der Waals surface area contributed by atoms with E-state index in [1.54, 1.807) is 0 Å². The van der Waals surface area contributed by atoms with Crippen molar-refractivity contribution < 1.29 is 4.74 Å². The number of piperidine rings is 2. The second-order valence-corrected chi connectivity index (χ2v) is 9.72. The highest BCUT2D eigenvalue weighted by molar-refractivity contribution is 14.0. The molecular formula is C23H46IN5O. The van der Waals surface area contributed by atoms with Crippen molar-refractivity contribution in [2.75, 3.05) is 66.6 Å². The number of methoxy groups -OCH3 is 1. The summed E-state index contributed by atoms with van der Waals surface area (Å²) in [5.74, 6) is 1.01. The second kappa shape index (κ2) is 12.8. The van der Waals surface area contributed by atoms with Crippen molar-refractivity contribution in [1.82, 2.24) is 20.4 Å². The molecule has 7 heteroatoms. The maximum absolute atomic E-state index is 5.35. The normalized spacial score (nSPS) is 24.6. The van der Waals surface area contributed by atoms with Gasteiger partial charge in [-0.05, 0) is 90.5 Å². The van der Waals surface area contributed by atoms with Gasteiger partial charge in [0.1, 0.15) is 0 Å². The molecule has 0 spiro atoms. The minimum Gasteiger partial charge on any atom is -0.385 e. The van der Waals surface area contributed by atoms with Gasteiger partial charge in [-0.1, -0.05) is 12.8 Å². The molecule has 3 rings (SSSR count). The third-order valence-electron chi connectivity index (χ3n) is 7.70. The van der Waals surface area contributed by atoms with Crippen LogP contribution in [0.3, 0.4) is 0 Å². The van der Waals surface area contributed by atoms with E-state index in [-0.39, 0.29) is 29.5 Å².